The normalized spacial score (nSPS) is 10.7. The van der Waals surface area contributed by atoms with E-state index in [2.05, 4.69) is 15.3 Å². The number of ether oxygens (including phenoxy) is 3. The molecule has 2 heterocycles. The highest BCUT2D eigenvalue weighted by Gasteiger charge is 2.23. The summed E-state index contributed by atoms with van der Waals surface area (Å²) in [5, 5.41) is 2.85. The maximum Gasteiger partial charge on any atom is 0.340 e. The number of H-pyrrole nitrogens is 1. The fraction of sp³-hybridized carbons (Fsp3) is 0.320. The van der Waals surface area contributed by atoms with Crippen molar-refractivity contribution in [1.82, 2.24) is 15.3 Å². The molecule has 0 aliphatic rings. The van der Waals surface area contributed by atoms with Crippen molar-refractivity contribution in [2.24, 2.45) is 0 Å². The average molecular weight is 452 g/mol. The van der Waals surface area contributed by atoms with E-state index in [9.17, 15) is 9.59 Å². The van der Waals surface area contributed by atoms with Crippen molar-refractivity contribution in [3.05, 3.63) is 75.7 Å². The lowest BCUT2D eigenvalue weighted by Gasteiger charge is -2.10. The Balaban J connectivity index is 1.61. The van der Waals surface area contributed by atoms with E-state index in [1.165, 1.54) is 7.11 Å². The number of benzene rings is 1. The zero-order valence-electron chi connectivity index (χ0n) is 19.6. The predicted octanol–water partition coefficient (Wildman–Crippen LogP) is 4.17. The van der Waals surface area contributed by atoms with Crippen LogP contribution in [0.2, 0.25) is 0 Å². The van der Waals surface area contributed by atoms with Gasteiger partial charge in [0.1, 0.15) is 18.1 Å². The van der Waals surface area contributed by atoms with Crippen molar-refractivity contribution >= 4 is 11.9 Å². The Labute approximate surface area is 193 Å². The Bertz CT molecular complexity index is 1140. The highest BCUT2D eigenvalue weighted by atomic mass is 16.6. The van der Waals surface area contributed by atoms with Gasteiger partial charge in [0.25, 0.3) is 5.91 Å². The summed E-state index contributed by atoms with van der Waals surface area (Å²) in [4.78, 5) is 32.4. The molecule has 0 atom stereocenters. The molecular formula is C25H29N3O5. The number of aryl methyl sites for hydroxylation is 3. The Morgan fingerprint density at radius 2 is 1.85 bits per heavy atom. The number of methoxy groups -OCH3 is 1. The molecule has 174 valence electrons. The third kappa shape index (κ3) is 5.98. The molecule has 1 amide bonds. The molecule has 1 aromatic carbocycles. The van der Waals surface area contributed by atoms with Crippen LogP contribution in [0.4, 0.5) is 0 Å². The fourth-order valence-electron chi connectivity index (χ4n) is 3.35. The van der Waals surface area contributed by atoms with Gasteiger partial charge in [0.05, 0.1) is 12.2 Å². The predicted molar refractivity (Wildman–Crippen MR) is 124 cm³/mol. The molecule has 2 aromatic heterocycles. The van der Waals surface area contributed by atoms with Crippen LogP contribution >= 0.6 is 0 Å². The zero-order chi connectivity index (χ0) is 24.0. The van der Waals surface area contributed by atoms with E-state index < -0.39 is 5.97 Å². The number of rotatable bonds is 9. The summed E-state index contributed by atoms with van der Waals surface area (Å²) < 4.78 is 15.9. The molecule has 0 saturated heterocycles. The number of hydrogen-bond donors (Lipinski definition) is 2. The number of aromatic nitrogens is 2. The third-order valence-electron chi connectivity index (χ3n) is 5.20. The van der Waals surface area contributed by atoms with Crippen molar-refractivity contribution < 1.29 is 23.8 Å². The van der Waals surface area contributed by atoms with Crippen LogP contribution in [0.25, 0.3) is 0 Å². The largest absolute Gasteiger partial charge is 0.460 e. The van der Waals surface area contributed by atoms with Crippen LogP contribution in [0.15, 0.2) is 36.5 Å². The van der Waals surface area contributed by atoms with Crippen LogP contribution < -0.4 is 10.1 Å². The minimum Gasteiger partial charge on any atom is -0.460 e. The van der Waals surface area contributed by atoms with Crippen LogP contribution in [0.5, 0.6) is 11.6 Å². The van der Waals surface area contributed by atoms with Crippen LogP contribution in [0.1, 0.15) is 48.8 Å². The van der Waals surface area contributed by atoms with Gasteiger partial charge in [-0.05, 0) is 56.0 Å². The van der Waals surface area contributed by atoms with Gasteiger partial charge in [-0.3, -0.25) is 4.79 Å². The number of carbonyl (C=O) groups is 2. The summed E-state index contributed by atoms with van der Waals surface area (Å²) >= 11 is 0. The van der Waals surface area contributed by atoms with E-state index in [0.29, 0.717) is 35.0 Å². The second kappa shape index (κ2) is 10.8. The highest BCUT2D eigenvalue weighted by molar-refractivity contribution is 6.00. The summed E-state index contributed by atoms with van der Waals surface area (Å²) in [6.07, 6.45) is 1.66. The van der Waals surface area contributed by atoms with Crippen molar-refractivity contribution in [3.8, 4) is 11.6 Å². The molecule has 0 unspecified atom stereocenters. The van der Waals surface area contributed by atoms with E-state index in [1.807, 2.05) is 38.1 Å². The van der Waals surface area contributed by atoms with Crippen molar-refractivity contribution in [2.75, 3.05) is 20.3 Å². The maximum atomic E-state index is 12.7. The number of aromatic amines is 1. The maximum absolute atomic E-state index is 12.7. The Hall–Kier alpha value is -3.65. The topological polar surface area (TPSA) is 103 Å². The molecule has 0 saturated carbocycles. The van der Waals surface area contributed by atoms with Gasteiger partial charge in [-0.15, -0.1) is 0 Å². The summed E-state index contributed by atoms with van der Waals surface area (Å²) in [5.74, 6) is 0.437. The monoisotopic (exact) mass is 451 g/mol. The summed E-state index contributed by atoms with van der Waals surface area (Å²) in [6.45, 7) is 8.17. The number of nitrogens with zero attached hydrogens (tertiary/aromatic N) is 1. The van der Waals surface area contributed by atoms with Gasteiger partial charge in [-0.1, -0.05) is 18.2 Å². The standard InChI is InChI=1S/C25H29N3O5/c1-15-6-7-16(2)20(12-15)33-21-9-8-19(13-26-21)14-27-24(29)23-17(3)22(18(4)28-23)25(30)32-11-10-31-5/h6-9,12-13,28H,10-11,14H2,1-5H3,(H,27,29). The molecule has 0 radical (unpaired) electrons. The van der Waals surface area contributed by atoms with Crippen LogP contribution in [0.3, 0.4) is 0 Å². The Kier molecular flexibility index (Phi) is 7.84. The van der Waals surface area contributed by atoms with Gasteiger partial charge in [-0.2, -0.15) is 0 Å². The minimum absolute atomic E-state index is 0.150. The molecule has 8 heteroatoms. The minimum atomic E-state index is -0.485. The second-order valence-corrected chi connectivity index (χ2v) is 7.81. The summed E-state index contributed by atoms with van der Waals surface area (Å²) in [6, 6.07) is 9.61. The highest BCUT2D eigenvalue weighted by Crippen LogP contribution is 2.25. The van der Waals surface area contributed by atoms with E-state index in [4.69, 9.17) is 14.2 Å². The van der Waals surface area contributed by atoms with E-state index >= 15 is 0 Å². The lowest BCUT2D eigenvalue weighted by atomic mass is 10.1. The Morgan fingerprint density at radius 3 is 2.55 bits per heavy atom. The zero-order valence-corrected chi connectivity index (χ0v) is 19.6. The van der Waals surface area contributed by atoms with E-state index in [1.54, 1.807) is 26.1 Å². The molecule has 3 rings (SSSR count). The molecule has 0 aliphatic heterocycles. The first-order chi connectivity index (χ1) is 15.8. The van der Waals surface area contributed by atoms with Gasteiger partial charge in [0.15, 0.2) is 0 Å². The SMILES string of the molecule is COCCOC(=O)c1c(C)[nH]c(C(=O)NCc2ccc(Oc3cc(C)ccc3C)nc2)c1C. The molecule has 3 aromatic rings. The average Bonchev–Trinajstić information content (AvgIpc) is 3.09. The van der Waals surface area contributed by atoms with Crippen LogP contribution in [-0.2, 0) is 16.0 Å². The van der Waals surface area contributed by atoms with Gasteiger partial charge < -0.3 is 24.5 Å². The van der Waals surface area contributed by atoms with Crippen LogP contribution in [0, 0.1) is 27.7 Å². The lowest BCUT2D eigenvalue weighted by molar-refractivity contribution is 0.0386. The molecule has 8 nitrogen and oxygen atoms in total. The molecule has 0 bridgehead atoms. The smallest absolute Gasteiger partial charge is 0.340 e. The van der Waals surface area contributed by atoms with Crippen LogP contribution in [-0.4, -0.2) is 42.2 Å². The first kappa shape index (κ1) is 24.0. The molecule has 33 heavy (non-hydrogen) atoms. The molecule has 0 fully saturated rings. The lowest BCUT2D eigenvalue weighted by Crippen LogP contribution is -2.24. The van der Waals surface area contributed by atoms with Gasteiger partial charge in [0.2, 0.25) is 5.88 Å². The van der Waals surface area contributed by atoms with Crippen molar-refractivity contribution in [3.63, 3.8) is 0 Å². The van der Waals surface area contributed by atoms with E-state index in [0.717, 1.165) is 22.4 Å². The van der Waals surface area contributed by atoms with Gasteiger partial charge >= 0.3 is 5.97 Å². The summed E-state index contributed by atoms with van der Waals surface area (Å²) in [7, 11) is 1.53. The van der Waals surface area contributed by atoms with E-state index in [-0.39, 0.29) is 19.1 Å². The fourth-order valence-corrected chi connectivity index (χ4v) is 3.35. The number of esters is 1. The first-order valence-electron chi connectivity index (χ1n) is 10.6. The number of pyridine rings is 1. The van der Waals surface area contributed by atoms with Crippen molar-refractivity contribution in [2.45, 2.75) is 34.2 Å². The molecule has 0 spiro atoms. The quantitative estimate of drug-likeness (QED) is 0.374. The number of hydrogen-bond acceptors (Lipinski definition) is 6. The molecule has 2 N–H and O–H groups in total. The second-order valence-electron chi connectivity index (χ2n) is 7.81. The van der Waals surface area contributed by atoms with Crippen molar-refractivity contribution in [1.29, 1.82) is 0 Å². The molecule has 0 aliphatic carbocycles. The number of carbonyl (C=O) groups excluding carboxylic acids is 2. The number of amides is 1. The molecular weight excluding hydrogens is 422 g/mol. The third-order valence-corrected chi connectivity index (χ3v) is 5.20. The van der Waals surface area contributed by atoms with Gasteiger partial charge in [0, 0.05) is 31.6 Å². The first-order valence-corrected chi connectivity index (χ1v) is 10.6. The Morgan fingerprint density at radius 1 is 1.06 bits per heavy atom. The summed E-state index contributed by atoms with van der Waals surface area (Å²) in [5.41, 5.74) is 4.77. The van der Waals surface area contributed by atoms with Gasteiger partial charge in [-0.25, -0.2) is 9.78 Å². The number of nitrogens with one attached hydrogen (secondary N) is 2.